The Morgan fingerprint density at radius 1 is 1.48 bits per heavy atom. The number of halogens is 2. The molecule has 0 aromatic heterocycles. The van der Waals surface area contributed by atoms with Crippen molar-refractivity contribution in [3.05, 3.63) is 28.5 Å². The summed E-state index contributed by atoms with van der Waals surface area (Å²) in [6, 6.07) is 3.61. The number of hydrogen-bond acceptors (Lipinski definition) is 3. The molecule has 2 fully saturated rings. The second-order valence-electron chi connectivity index (χ2n) is 5.97. The van der Waals surface area contributed by atoms with Crippen molar-refractivity contribution in [2.24, 2.45) is 5.92 Å². The summed E-state index contributed by atoms with van der Waals surface area (Å²) in [6.07, 6.45) is 1.76. The number of anilines is 1. The minimum absolute atomic E-state index is 0.00444. The third kappa shape index (κ3) is 2.95. The zero-order valence-corrected chi connectivity index (χ0v) is 13.9. The molecule has 6 nitrogen and oxygen atoms in total. The lowest BCUT2D eigenvalue weighted by molar-refractivity contribution is -0.134. The Balaban J connectivity index is 1.68. The van der Waals surface area contributed by atoms with Gasteiger partial charge in [-0.1, -0.05) is 15.9 Å². The summed E-state index contributed by atoms with van der Waals surface area (Å²) in [5, 5.41) is 5.03. The summed E-state index contributed by atoms with van der Waals surface area (Å²) in [4.78, 5) is 37.3. The largest absolute Gasteiger partial charge is 0.325 e. The van der Waals surface area contributed by atoms with Crippen LogP contribution in [-0.2, 0) is 9.59 Å². The van der Waals surface area contributed by atoms with Crippen molar-refractivity contribution in [3.63, 3.8) is 0 Å². The maximum absolute atomic E-state index is 13.7. The van der Waals surface area contributed by atoms with E-state index < -0.39 is 35.7 Å². The molecule has 1 aromatic carbocycles. The van der Waals surface area contributed by atoms with Gasteiger partial charge >= 0.3 is 6.03 Å². The zero-order valence-electron chi connectivity index (χ0n) is 12.4. The molecule has 122 valence electrons. The third-order valence-electron chi connectivity index (χ3n) is 4.20. The molecule has 4 amide bonds. The van der Waals surface area contributed by atoms with E-state index in [2.05, 4.69) is 26.6 Å². The minimum Gasteiger partial charge on any atom is -0.323 e. The number of amides is 4. The van der Waals surface area contributed by atoms with Crippen molar-refractivity contribution >= 4 is 39.5 Å². The molecule has 23 heavy (non-hydrogen) atoms. The highest BCUT2D eigenvalue weighted by atomic mass is 79.9. The summed E-state index contributed by atoms with van der Waals surface area (Å²) >= 11 is 3.12. The van der Waals surface area contributed by atoms with Crippen LogP contribution in [0.4, 0.5) is 14.9 Å². The number of carbonyl (C=O) groups excluding carboxylic acids is 3. The minimum atomic E-state index is -0.930. The van der Waals surface area contributed by atoms with Crippen molar-refractivity contribution in [2.75, 3.05) is 11.9 Å². The number of nitrogens with one attached hydrogen (secondary N) is 2. The Morgan fingerprint density at radius 3 is 2.78 bits per heavy atom. The molecule has 0 bridgehead atoms. The Morgan fingerprint density at radius 2 is 2.17 bits per heavy atom. The number of hydrogen-bond donors (Lipinski definition) is 2. The monoisotopic (exact) mass is 383 g/mol. The van der Waals surface area contributed by atoms with E-state index in [0.717, 1.165) is 17.7 Å². The van der Waals surface area contributed by atoms with Crippen molar-refractivity contribution in [1.82, 2.24) is 10.2 Å². The molecule has 1 aromatic rings. The predicted octanol–water partition coefficient (Wildman–Crippen LogP) is 2.25. The van der Waals surface area contributed by atoms with Gasteiger partial charge in [-0.3, -0.25) is 14.5 Å². The Labute approximate surface area is 140 Å². The highest BCUT2D eigenvalue weighted by molar-refractivity contribution is 9.10. The van der Waals surface area contributed by atoms with Crippen molar-refractivity contribution < 1.29 is 18.8 Å². The molecule has 2 N–H and O–H groups in total. The molecular formula is C15H15BrFN3O3. The van der Waals surface area contributed by atoms with E-state index in [-0.39, 0.29) is 11.6 Å². The first kappa shape index (κ1) is 15.9. The maximum atomic E-state index is 13.7. The highest BCUT2D eigenvalue weighted by Crippen LogP contribution is 2.42. The standard InChI is InChI=1S/C15H15BrFN3O3/c1-15(8-2-3-8)13(22)20(14(23)19-15)7-12(21)18-11-5-4-9(16)6-10(11)17/h4-6,8H,2-3,7H2,1H3,(H,18,21)(H,19,23). The van der Waals surface area contributed by atoms with Crippen LogP contribution in [-0.4, -0.2) is 34.8 Å². The first-order chi connectivity index (χ1) is 10.8. The van der Waals surface area contributed by atoms with Crippen molar-refractivity contribution in [3.8, 4) is 0 Å². The molecule has 1 atom stereocenters. The molecular weight excluding hydrogens is 369 g/mol. The van der Waals surface area contributed by atoms with E-state index in [1.54, 1.807) is 13.0 Å². The molecule has 1 unspecified atom stereocenters. The van der Waals surface area contributed by atoms with Gasteiger partial charge in [0.25, 0.3) is 5.91 Å². The maximum Gasteiger partial charge on any atom is 0.325 e. The number of imide groups is 1. The third-order valence-corrected chi connectivity index (χ3v) is 4.70. The first-order valence-corrected chi connectivity index (χ1v) is 7.99. The molecule has 1 heterocycles. The van der Waals surface area contributed by atoms with E-state index in [0.29, 0.717) is 4.47 Å². The fourth-order valence-electron chi connectivity index (χ4n) is 2.72. The van der Waals surface area contributed by atoms with Crippen LogP contribution in [0.25, 0.3) is 0 Å². The van der Waals surface area contributed by atoms with Gasteiger partial charge in [-0.25, -0.2) is 9.18 Å². The average molecular weight is 384 g/mol. The molecule has 0 radical (unpaired) electrons. The van der Waals surface area contributed by atoms with E-state index in [9.17, 15) is 18.8 Å². The number of nitrogens with zero attached hydrogens (tertiary/aromatic N) is 1. The smallest absolute Gasteiger partial charge is 0.323 e. The topological polar surface area (TPSA) is 78.5 Å². The highest BCUT2D eigenvalue weighted by Gasteiger charge is 2.56. The van der Waals surface area contributed by atoms with Crippen molar-refractivity contribution in [1.29, 1.82) is 0 Å². The van der Waals surface area contributed by atoms with Gasteiger partial charge in [0.1, 0.15) is 17.9 Å². The number of carbonyl (C=O) groups is 3. The van der Waals surface area contributed by atoms with Gasteiger partial charge in [0.2, 0.25) is 5.91 Å². The fraction of sp³-hybridized carbons (Fsp3) is 0.400. The Bertz CT molecular complexity index is 707. The number of benzene rings is 1. The molecule has 1 aliphatic carbocycles. The second kappa shape index (κ2) is 5.59. The van der Waals surface area contributed by atoms with E-state index in [1.165, 1.54) is 12.1 Å². The van der Waals surface area contributed by atoms with Crippen LogP contribution in [0, 0.1) is 11.7 Å². The summed E-state index contributed by atoms with van der Waals surface area (Å²) in [6.45, 7) is 1.24. The molecule has 2 aliphatic rings. The number of rotatable bonds is 4. The van der Waals surface area contributed by atoms with Gasteiger partial charge in [-0.05, 0) is 43.9 Å². The van der Waals surface area contributed by atoms with E-state index >= 15 is 0 Å². The molecule has 0 spiro atoms. The number of urea groups is 1. The summed E-state index contributed by atoms with van der Waals surface area (Å²) in [7, 11) is 0. The summed E-state index contributed by atoms with van der Waals surface area (Å²) in [5.41, 5.74) is -0.935. The van der Waals surface area contributed by atoms with Crippen LogP contribution in [0.2, 0.25) is 0 Å². The van der Waals surface area contributed by atoms with Gasteiger partial charge in [0, 0.05) is 4.47 Å². The fourth-order valence-corrected chi connectivity index (χ4v) is 3.05. The van der Waals surface area contributed by atoms with Gasteiger partial charge in [-0.2, -0.15) is 0 Å². The van der Waals surface area contributed by atoms with Crippen LogP contribution >= 0.6 is 15.9 Å². The molecule has 3 rings (SSSR count). The van der Waals surface area contributed by atoms with E-state index in [1.807, 2.05) is 0 Å². The van der Waals surface area contributed by atoms with Crippen LogP contribution in [0.15, 0.2) is 22.7 Å². The van der Waals surface area contributed by atoms with Crippen molar-refractivity contribution in [2.45, 2.75) is 25.3 Å². The van der Waals surface area contributed by atoms with Crippen LogP contribution in [0.5, 0.6) is 0 Å². The first-order valence-electron chi connectivity index (χ1n) is 7.20. The van der Waals surface area contributed by atoms with Crippen LogP contribution in [0.1, 0.15) is 19.8 Å². The molecule has 1 saturated heterocycles. The SMILES string of the molecule is CC1(C2CC2)NC(=O)N(CC(=O)Nc2ccc(Br)cc2F)C1=O. The molecule has 1 aliphatic heterocycles. The van der Waals surface area contributed by atoms with Gasteiger partial charge in [0.05, 0.1) is 5.69 Å². The zero-order chi connectivity index (χ0) is 16.8. The Kier molecular flexibility index (Phi) is 3.87. The van der Waals surface area contributed by atoms with Gasteiger partial charge in [-0.15, -0.1) is 0 Å². The lowest BCUT2D eigenvalue weighted by Crippen LogP contribution is -2.46. The molecule has 1 saturated carbocycles. The van der Waals surface area contributed by atoms with Crippen LogP contribution in [0.3, 0.4) is 0 Å². The summed E-state index contributed by atoms with van der Waals surface area (Å²) < 4.78 is 14.3. The normalized spacial score (nSPS) is 23.9. The molecule has 8 heteroatoms. The second-order valence-corrected chi connectivity index (χ2v) is 6.89. The lowest BCUT2D eigenvalue weighted by Gasteiger charge is -2.20. The Hall–Kier alpha value is -1.96. The van der Waals surface area contributed by atoms with Gasteiger partial charge in [0.15, 0.2) is 0 Å². The van der Waals surface area contributed by atoms with Crippen LogP contribution < -0.4 is 10.6 Å². The average Bonchev–Trinajstić information content (AvgIpc) is 3.28. The quantitative estimate of drug-likeness (QED) is 0.782. The van der Waals surface area contributed by atoms with Gasteiger partial charge < -0.3 is 10.6 Å². The predicted molar refractivity (Wildman–Crippen MR) is 84.1 cm³/mol. The summed E-state index contributed by atoms with van der Waals surface area (Å²) in [5.74, 6) is -1.52. The van der Waals surface area contributed by atoms with E-state index in [4.69, 9.17) is 0 Å². The lowest BCUT2D eigenvalue weighted by atomic mass is 9.96.